The molecule has 15 heavy (non-hydrogen) atoms. The summed E-state index contributed by atoms with van der Waals surface area (Å²) in [4.78, 5) is 6.14. The number of hydrogen-bond acceptors (Lipinski definition) is 4. The predicted octanol–water partition coefficient (Wildman–Crippen LogP) is 0.604. The van der Waals surface area contributed by atoms with Crippen molar-refractivity contribution in [2.45, 2.75) is 6.54 Å². The van der Waals surface area contributed by atoms with E-state index in [0.717, 1.165) is 25.2 Å². The lowest BCUT2D eigenvalue weighted by Gasteiger charge is -2.16. The first-order valence-electron chi connectivity index (χ1n) is 4.94. The van der Waals surface area contributed by atoms with Crippen LogP contribution < -0.4 is 5.32 Å². The van der Waals surface area contributed by atoms with Crippen LogP contribution in [0.15, 0.2) is 18.3 Å². The maximum atomic E-state index is 8.70. The first-order chi connectivity index (χ1) is 7.26. The molecule has 0 amide bonds. The Morgan fingerprint density at radius 2 is 2.40 bits per heavy atom. The third kappa shape index (κ3) is 4.07. The molecule has 0 spiro atoms. The van der Waals surface area contributed by atoms with Crippen molar-refractivity contribution >= 4 is 0 Å². The number of aromatic nitrogens is 1. The van der Waals surface area contributed by atoms with Crippen LogP contribution in [0.1, 0.15) is 11.3 Å². The smallest absolute Gasteiger partial charge is 0.140 e. The third-order valence-corrected chi connectivity index (χ3v) is 2.13. The fourth-order valence-electron chi connectivity index (χ4n) is 1.33. The van der Waals surface area contributed by atoms with E-state index in [1.54, 1.807) is 6.20 Å². The molecule has 1 aromatic heterocycles. The lowest BCUT2D eigenvalue weighted by atomic mass is 10.2. The van der Waals surface area contributed by atoms with Crippen molar-refractivity contribution in [1.82, 2.24) is 15.2 Å². The molecule has 0 fully saturated rings. The second-order valence-electron chi connectivity index (χ2n) is 3.50. The van der Waals surface area contributed by atoms with Crippen molar-refractivity contribution in [3.63, 3.8) is 0 Å². The van der Waals surface area contributed by atoms with E-state index in [1.165, 1.54) is 0 Å². The van der Waals surface area contributed by atoms with Crippen LogP contribution in [0.2, 0.25) is 0 Å². The molecule has 0 radical (unpaired) electrons. The Hall–Kier alpha value is -1.44. The maximum Gasteiger partial charge on any atom is 0.140 e. The fraction of sp³-hybridized carbons (Fsp3) is 0.455. The van der Waals surface area contributed by atoms with Gasteiger partial charge in [0.05, 0.1) is 0 Å². The summed E-state index contributed by atoms with van der Waals surface area (Å²) >= 11 is 0. The minimum Gasteiger partial charge on any atom is -0.318 e. The molecule has 0 atom stereocenters. The number of rotatable bonds is 5. The number of likely N-dealkylation sites (N-methyl/N-ethyl adjacent to an activating group) is 2. The molecule has 0 saturated heterocycles. The minimum atomic E-state index is 0.481. The van der Waals surface area contributed by atoms with Crippen LogP contribution in [0.25, 0.3) is 0 Å². The van der Waals surface area contributed by atoms with Crippen molar-refractivity contribution in [3.05, 3.63) is 29.6 Å². The van der Waals surface area contributed by atoms with E-state index in [1.807, 2.05) is 25.2 Å². The Balaban J connectivity index is 2.53. The Labute approximate surface area is 90.5 Å². The van der Waals surface area contributed by atoms with Crippen LogP contribution in [0.3, 0.4) is 0 Å². The Morgan fingerprint density at radius 3 is 3.07 bits per heavy atom. The first-order valence-corrected chi connectivity index (χ1v) is 4.94. The molecule has 4 heteroatoms. The van der Waals surface area contributed by atoms with Crippen LogP contribution in [-0.2, 0) is 6.54 Å². The molecular weight excluding hydrogens is 188 g/mol. The lowest BCUT2D eigenvalue weighted by molar-refractivity contribution is 0.328. The average molecular weight is 204 g/mol. The van der Waals surface area contributed by atoms with E-state index in [2.05, 4.69) is 22.2 Å². The first kappa shape index (κ1) is 11.6. The van der Waals surface area contributed by atoms with Gasteiger partial charge < -0.3 is 10.2 Å². The molecule has 0 aliphatic rings. The molecule has 0 aliphatic heterocycles. The van der Waals surface area contributed by atoms with Crippen LogP contribution in [-0.4, -0.2) is 37.1 Å². The van der Waals surface area contributed by atoms with E-state index in [9.17, 15) is 0 Å². The van der Waals surface area contributed by atoms with Crippen molar-refractivity contribution < 1.29 is 0 Å². The van der Waals surface area contributed by atoms with Gasteiger partial charge in [-0.15, -0.1) is 0 Å². The van der Waals surface area contributed by atoms with Gasteiger partial charge in [0.15, 0.2) is 0 Å². The topological polar surface area (TPSA) is 52.0 Å². The number of pyridine rings is 1. The Morgan fingerprint density at radius 1 is 1.60 bits per heavy atom. The highest BCUT2D eigenvalue weighted by atomic mass is 15.1. The van der Waals surface area contributed by atoms with Gasteiger partial charge in [-0.3, -0.25) is 0 Å². The van der Waals surface area contributed by atoms with Crippen molar-refractivity contribution in [1.29, 1.82) is 5.26 Å². The molecule has 1 rings (SSSR count). The van der Waals surface area contributed by atoms with E-state index in [0.29, 0.717) is 5.69 Å². The molecule has 0 aromatic carbocycles. The summed E-state index contributed by atoms with van der Waals surface area (Å²) in [5.74, 6) is 0. The maximum absolute atomic E-state index is 8.70. The standard InChI is InChI=1S/C11H16N4/c1-13-5-6-15(2)9-10-3-4-14-11(7-10)8-12/h3-4,7,13H,5-6,9H2,1-2H3. The molecule has 0 aliphatic carbocycles. The van der Waals surface area contributed by atoms with Gasteiger partial charge in [-0.05, 0) is 31.8 Å². The summed E-state index contributed by atoms with van der Waals surface area (Å²) in [6.45, 7) is 2.80. The lowest BCUT2D eigenvalue weighted by Crippen LogP contribution is -2.26. The van der Waals surface area contributed by atoms with Crippen LogP contribution in [0, 0.1) is 11.3 Å². The van der Waals surface area contributed by atoms with Crippen molar-refractivity contribution in [3.8, 4) is 6.07 Å². The molecule has 1 N–H and O–H groups in total. The van der Waals surface area contributed by atoms with Gasteiger partial charge in [0.1, 0.15) is 11.8 Å². The van der Waals surface area contributed by atoms with E-state index in [-0.39, 0.29) is 0 Å². The highest BCUT2D eigenvalue weighted by molar-refractivity contribution is 5.25. The molecular formula is C11H16N4. The molecule has 0 unspecified atom stereocenters. The van der Waals surface area contributed by atoms with Crippen LogP contribution in [0.4, 0.5) is 0 Å². The van der Waals surface area contributed by atoms with Gasteiger partial charge in [0.2, 0.25) is 0 Å². The largest absolute Gasteiger partial charge is 0.318 e. The van der Waals surface area contributed by atoms with Gasteiger partial charge in [0, 0.05) is 25.8 Å². The predicted molar refractivity (Wildman–Crippen MR) is 59.2 cm³/mol. The molecule has 1 heterocycles. The number of nitriles is 1. The van der Waals surface area contributed by atoms with Gasteiger partial charge in [-0.2, -0.15) is 5.26 Å². The normalized spacial score (nSPS) is 10.3. The number of nitrogens with one attached hydrogen (secondary N) is 1. The van der Waals surface area contributed by atoms with Gasteiger partial charge in [-0.25, -0.2) is 4.98 Å². The van der Waals surface area contributed by atoms with E-state index in [4.69, 9.17) is 5.26 Å². The van der Waals surface area contributed by atoms with E-state index >= 15 is 0 Å². The van der Waals surface area contributed by atoms with Crippen LogP contribution in [0.5, 0.6) is 0 Å². The second kappa shape index (κ2) is 6.12. The van der Waals surface area contributed by atoms with Crippen molar-refractivity contribution in [2.75, 3.05) is 27.2 Å². The molecule has 1 aromatic rings. The summed E-state index contributed by atoms with van der Waals surface area (Å²) in [6.07, 6.45) is 1.68. The summed E-state index contributed by atoms with van der Waals surface area (Å²) in [5, 5.41) is 11.8. The quantitative estimate of drug-likeness (QED) is 0.763. The molecule has 0 bridgehead atoms. The highest BCUT2D eigenvalue weighted by Crippen LogP contribution is 2.03. The summed E-state index contributed by atoms with van der Waals surface area (Å²) in [5.41, 5.74) is 1.61. The van der Waals surface area contributed by atoms with Gasteiger partial charge in [-0.1, -0.05) is 0 Å². The average Bonchev–Trinajstić information content (AvgIpc) is 2.26. The SMILES string of the molecule is CNCCN(C)Cc1ccnc(C#N)c1. The summed E-state index contributed by atoms with van der Waals surface area (Å²) in [6, 6.07) is 5.81. The zero-order valence-corrected chi connectivity index (χ0v) is 9.20. The van der Waals surface area contributed by atoms with Gasteiger partial charge >= 0.3 is 0 Å². The number of hydrogen-bond donors (Lipinski definition) is 1. The van der Waals surface area contributed by atoms with Gasteiger partial charge in [0.25, 0.3) is 0 Å². The van der Waals surface area contributed by atoms with Crippen molar-refractivity contribution in [2.24, 2.45) is 0 Å². The minimum absolute atomic E-state index is 0.481. The van der Waals surface area contributed by atoms with Crippen LogP contribution >= 0.6 is 0 Å². The molecule has 80 valence electrons. The molecule has 0 saturated carbocycles. The summed E-state index contributed by atoms with van der Waals surface area (Å²) < 4.78 is 0. The van der Waals surface area contributed by atoms with E-state index < -0.39 is 0 Å². The number of nitrogens with zero attached hydrogens (tertiary/aromatic N) is 3. The third-order valence-electron chi connectivity index (χ3n) is 2.13. The highest BCUT2D eigenvalue weighted by Gasteiger charge is 2.00. The second-order valence-corrected chi connectivity index (χ2v) is 3.50. The fourth-order valence-corrected chi connectivity index (χ4v) is 1.33. The summed E-state index contributed by atoms with van der Waals surface area (Å²) in [7, 11) is 4.00. The Bertz CT molecular complexity index is 343. The zero-order valence-electron chi connectivity index (χ0n) is 9.20. The zero-order chi connectivity index (χ0) is 11.1. The molecule has 4 nitrogen and oxygen atoms in total. The monoisotopic (exact) mass is 204 g/mol. The Kier molecular flexibility index (Phi) is 4.75.